The normalized spacial score (nSPS) is 24.6. The predicted molar refractivity (Wildman–Crippen MR) is 72.0 cm³/mol. The maximum atomic E-state index is 6.07. The standard InChI is InChI=1S/C14H20ClNO/c1-3-10-9-16-7-6-12(10)11-4-5-13(15)14(8-11)17-2/h4-5,8,10,12,16H,3,6-7,9H2,1-2H3. The van der Waals surface area contributed by atoms with Gasteiger partial charge in [0.2, 0.25) is 0 Å². The number of hydrogen-bond acceptors (Lipinski definition) is 2. The van der Waals surface area contributed by atoms with E-state index in [9.17, 15) is 0 Å². The molecule has 0 saturated carbocycles. The van der Waals surface area contributed by atoms with Gasteiger partial charge >= 0.3 is 0 Å². The van der Waals surface area contributed by atoms with E-state index in [0.717, 1.165) is 24.8 Å². The summed E-state index contributed by atoms with van der Waals surface area (Å²) in [6.07, 6.45) is 2.41. The van der Waals surface area contributed by atoms with Gasteiger partial charge in [-0.1, -0.05) is 31.0 Å². The minimum absolute atomic E-state index is 0.632. The van der Waals surface area contributed by atoms with Crippen molar-refractivity contribution < 1.29 is 4.74 Å². The molecular formula is C14H20ClNO. The van der Waals surface area contributed by atoms with Gasteiger partial charge in [0.1, 0.15) is 5.75 Å². The van der Waals surface area contributed by atoms with E-state index in [-0.39, 0.29) is 0 Å². The molecule has 17 heavy (non-hydrogen) atoms. The van der Waals surface area contributed by atoms with Crippen molar-refractivity contribution in [3.8, 4) is 5.75 Å². The van der Waals surface area contributed by atoms with Gasteiger partial charge in [0, 0.05) is 0 Å². The Hall–Kier alpha value is -0.730. The first-order valence-electron chi connectivity index (χ1n) is 6.30. The van der Waals surface area contributed by atoms with Gasteiger partial charge in [0.15, 0.2) is 0 Å². The highest BCUT2D eigenvalue weighted by molar-refractivity contribution is 6.32. The van der Waals surface area contributed by atoms with Gasteiger partial charge in [0.25, 0.3) is 0 Å². The molecule has 0 aliphatic carbocycles. The van der Waals surface area contributed by atoms with Gasteiger partial charge in [-0.15, -0.1) is 0 Å². The van der Waals surface area contributed by atoms with Crippen molar-refractivity contribution >= 4 is 11.6 Å². The summed E-state index contributed by atoms with van der Waals surface area (Å²) in [5, 5.41) is 4.16. The Labute approximate surface area is 108 Å². The van der Waals surface area contributed by atoms with Gasteiger partial charge in [-0.2, -0.15) is 0 Å². The molecule has 2 rings (SSSR count). The van der Waals surface area contributed by atoms with Crippen molar-refractivity contribution in [2.75, 3.05) is 20.2 Å². The first kappa shape index (κ1) is 12.7. The first-order chi connectivity index (χ1) is 8.26. The van der Waals surface area contributed by atoms with E-state index in [1.807, 2.05) is 6.07 Å². The van der Waals surface area contributed by atoms with Crippen LogP contribution < -0.4 is 10.1 Å². The summed E-state index contributed by atoms with van der Waals surface area (Å²) in [5.74, 6) is 2.14. The van der Waals surface area contributed by atoms with Crippen LogP contribution in [-0.4, -0.2) is 20.2 Å². The number of piperidine rings is 1. The molecule has 1 saturated heterocycles. The molecule has 0 radical (unpaired) electrons. The highest BCUT2D eigenvalue weighted by Gasteiger charge is 2.25. The Bertz CT molecular complexity index is 380. The first-order valence-corrected chi connectivity index (χ1v) is 6.68. The summed E-state index contributed by atoms with van der Waals surface area (Å²) < 4.78 is 5.30. The number of nitrogens with one attached hydrogen (secondary N) is 1. The maximum absolute atomic E-state index is 6.07. The summed E-state index contributed by atoms with van der Waals surface area (Å²) in [7, 11) is 1.67. The number of methoxy groups -OCH3 is 1. The number of benzene rings is 1. The van der Waals surface area contributed by atoms with Gasteiger partial charge < -0.3 is 10.1 Å². The fourth-order valence-corrected chi connectivity index (χ4v) is 2.89. The molecule has 1 heterocycles. The molecule has 2 atom stereocenters. The van der Waals surface area contributed by atoms with E-state index in [1.165, 1.54) is 18.4 Å². The van der Waals surface area contributed by atoms with E-state index in [2.05, 4.69) is 24.4 Å². The monoisotopic (exact) mass is 253 g/mol. The molecular weight excluding hydrogens is 234 g/mol. The summed E-state index contributed by atoms with van der Waals surface area (Å²) in [5.41, 5.74) is 1.36. The van der Waals surface area contributed by atoms with E-state index >= 15 is 0 Å². The molecule has 1 aliphatic heterocycles. The zero-order valence-electron chi connectivity index (χ0n) is 10.5. The molecule has 3 heteroatoms. The third-order valence-electron chi connectivity index (χ3n) is 3.74. The van der Waals surface area contributed by atoms with Crippen molar-refractivity contribution in [3.05, 3.63) is 28.8 Å². The van der Waals surface area contributed by atoms with Gasteiger partial charge in [-0.25, -0.2) is 0 Å². The molecule has 1 aromatic rings. The van der Waals surface area contributed by atoms with Gasteiger partial charge in [0.05, 0.1) is 12.1 Å². The third-order valence-corrected chi connectivity index (χ3v) is 4.05. The second-order valence-corrected chi connectivity index (χ2v) is 5.07. The topological polar surface area (TPSA) is 21.3 Å². The zero-order chi connectivity index (χ0) is 12.3. The molecule has 2 unspecified atom stereocenters. The highest BCUT2D eigenvalue weighted by Crippen LogP contribution is 2.36. The molecule has 0 aromatic heterocycles. The molecule has 0 amide bonds. The van der Waals surface area contributed by atoms with E-state index in [1.54, 1.807) is 7.11 Å². The Morgan fingerprint density at radius 2 is 2.29 bits per heavy atom. The Morgan fingerprint density at radius 1 is 1.47 bits per heavy atom. The minimum Gasteiger partial charge on any atom is -0.495 e. The molecule has 0 spiro atoms. The average molecular weight is 254 g/mol. The van der Waals surface area contributed by atoms with Crippen LogP contribution in [-0.2, 0) is 0 Å². The summed E-state index contributed by atoms with van der Waals surface area (Å²) in [6.45, 7) is 4.48. The van der Waals surface area contributed by atoms with Crippen LogP contribution in [0.2, 0.25) is 5.02 Å². The number of hydrogen-bond donors (Lipinski definition) is 1. The Balaban J connectivity index is 2.25. The van der Waals surface area contributed by atoms with Crippen molar-refractivity contribution in [1.82, 2.24) is 5.32 Å². The van der Waals surface area contributed by atoms with Crippen LogP contribution in [0.4, 0.5) is 0 Å². The minimum atomic E-state index is 0.632. The zero-order valence-corrected chi connectivity index (χ0v) is 11.3. The fraction of sp³-hybridized carbons (Fsp3) is 0.571. The Morgan fingerprint density at radius 3 is 3.00 bits per heavy atom. The molecule has 1 fully saturated rings. The van der Waals surface area contributed by atoms with Crippen molar-refractivity contribution in [1.29, 1.82) is 0 Å². The van der Waals surface area contributed by atoms with Gasteiger partial charge in [-0.05, 0) is 49.0 Å². The largest absolute Gasteiger partial charge is 0.495 e. The lowest BCUT2D eigenvalue weighted by Gasteiger charge is -2.32. The summed E-state index contributed by atoms with van der Waals surface area (Å²) in [4.78, 5) is 0. The van der Waals surface area contributed by atoms with Crippen LogP contribution in [0.3, 0.4) is 0 Å². The van der Waals surface area contributed by atoms with Crippen LogP contribution in [0.25, 0.3) is 0 Å². The lowest BCUT2D eigenvalue weighted by atomic mass is 9.80. The average Bonchev–Trinajstić information content (AvgIpc) is 2.39. The number of halogens is 1. The number of rotatable bonds is 3. The van der Waals surface area contributed by atoms with Crippen LogP contribution in [0, 0.1) is 5.92 Å². The summed E-state index contributed by atoms with van der Waals surface area (Å²) >= 11 is 6.07. The molecule has 0 bridgehead atoms. The second-order valence-electron chi connectivity index (χ2n) is 4.66. The van der Waals surface area contributed by atoms with Crippen molar-refractivity contribution in [2.45, 2.75) is 25.7 Å². The lowest BCUT2D eigenvalue weighted by Crippen LogP contribution is -2.35. The van der Waals surface area contributed by atoms with Crippen molar-refractivity contribution in [3.63, 3.8) is 0 Å². The van der Waals surface area contributed by atoms with Crippen molar-refractivity contribution in [2.24, 2.45) is 5.92 Å². The fourth-order valence-electron chi connectivity index (χ4n) is 2.70. The molecule has 94 valence electrons. The Kier molecular flexibility index (Phi) is 4.30. The van der Waals surface area contributed by atoms with E-state index < -0.39 is 0 Å². The van der Waals surface area contributed by atoms with Crippen LogP contribution >= 0.6 is 11.6 Å². The quantitative estimate of drug-likeness (QED) is 0.891. The SMILES string of the molecule is CCC1CNCCC1c1ccc(Cl)c(OC)c1. The lowest BCUT2D eigenvalue weighted by molar-refractivity contribution is 0.317. The van der Waals surface area contributed by atoms with Crippen LogP contribution in [0.1, 0.15) is 31.2 Å². The van der Waals surface area contributed by atoms with E-state index in [4.69, 9.17) is 16.3 Å². The summed E-state index contributed by atoms with van der Waals surface area (Å²) in [6, 6.07) is 6.19. The molecule has 2 nitrogen and oxygen atoms in total. The van der Waals surface area contributed by atoms with Gasteiger partial charge in [-0.3, -0.25) is 0 Å². The number of ether oxygens (including phenoxy) is 1. The van der Waals surface area contributed by atoms with Crippen LogP contribution in [0.5, 0.6) is 5.75 Å². The van der Waals surface area contributed by atoms with E-state index in [0.29, 0.717) is 10.9 Å². The van der Waals surface area contributed by atoms with Crippen LogP contribution in [0.15, 0.2) is 18.2 Å². The molecule has 1 N–H and O–H groups in total. The smallest absolute Gasteiger partial charge is 0.137 e. The highest BCUT2D eigenvalue weighted by atomic mass is 35.5. The predicted octanol–water partition coefficient (Wildman–Crippen LogP) is 3.45. The second kappa shape index (κ2) is 5.74. The molecule has 1 aliphatic rings. The molecule has 1 aromatic carbocycles. The maximum Gasteiger partial charge on any atom is 0.137 e. The third kappa shape index (κ3) is 2.75.